The summed E-state index contributed by atoms with van der Waals surface area (Å²) < 4.78 is 21.4. The third kappa shape index (κ3) is 2.19. The second-order valence-electron chi connectivity index (χ2n) is 5.40. The molecule has 8 nitrogen and oxygen atoms in total. The molecule has 2 aliphatic heterocycles. The summed E-state index contributed by atoms with van der Waals surface area (Å²) in [6, 6.07) is 11.3. The number of aromatic nitrogens is 4. The molecule has 0 N–H and O–H groups in total. The van der Waals surface area contributed by atoms with E-state index in [0.717, 1.165) is 28.4 Å². The normalized spacial score (nSPS) is 14.2. The average molecular weight is 324 g/mol. The number of ether oxygens (including phenoxy) is 4. The van der Waals surface area contributed by atoms with E-state index >= 15 is 0 Å². The van der Waals surface area contributed by atoms with Gasteiger partial charge in [0, 0.05) is 5.56 Å². The van der Waals surface area contributed by atoms with Gasteiger partial charge in [-0.1, -0.05) is 6.07 Å². The van der Waals surface area contributed by atoms with Crippen molar-refractivity contribution < 1.29 is 18.9 Å². The molecular formula is C16H12N4O4. The van der Waals surface area contributed by atoms with Crippen molar-refractivity contribution in [1.29, 1.82) is 0 Å². The number of nitrogens with zero attached hydrogens (tertiary/aromatic N) is 4. The minimum atomic E-state index is 0.239. The second-order valence-corrected chi connectivity index (χ2v) is 5.40. The SMILES string of the molecule is c1cc2c(cc1Cn1nnc(-c3ccc4c(c3)OCO4)n1)OCO2. The molecule has 0 bridgehead atoms. The first kappa shape index (κ1) is 13.2. The maximum absolute atomic E-state index is 5.38. The van der Waals surface area contributed by atoms with Gasteiger partial charge in [0.1, 0.15) is 0 Å². The highest BCUT2D eigenvalue weighted by molar-refractivity contribution is 5.60. The van der Waals surface area contributed by atoms with Crippen molar-refractivity contribution in [3.05, 3.63) is 42.0 Å². The summed E-state index contributed by atoms with van der Waals surface area (Å²) in [6.07, 6.45) is 0. The van der Waals surface area contributed by atoms with Gasteiger partial charge in [0.2, 0.25) is 19.4 Å². The molecule has 0 spiro atoms. The Morgan fingerprint density at radius 1 is 0.833 bits per heavy atom. The lowest BCUT2D eigenvalue weighted by Gasteiger charge is -2.01. The zero-order valence-corrected chi connectivity index (χ0v) is 12.5. The number of hydrogen-bond acceptors (Lipinski definition) is 7. The van der Waals surface area contributed by atoms with Crippen LogP contribution in [-0.2, 0) is 6.54 Å². The van der Waals surface area contributed by atoms with Gasteiger partial charge in [0.05, 0.1) is 6.54 Å². The Bertz CT molecular complexity index is 924. The van der Waals surface area contributed by atoms with Crippen molar-refractivity contribution in [2.24, 2.45) is 0 Å². The van der Waals surface area contributed by atoms with Crippen LogP contribution in [0.4, 0.5) is 0 Å². The Morgan fingerprint density at radius 3 is 2.38 bits per heavy atom. The van der Waals surface area contributed by atoms with Crippen LogP contribution in [-0.4, -0.2) is 33.8 Å². The van der Waals surface area contributed by atoms with Crippen molar-refractivity contribution >= 4 is 0 Å². The van der Waals surface area contributed by atoms with Crippen LogP contribution >= 0.6 is 0 Å². The van der Waals surface area contributed by atoms with E-state index in [-0.39, 0.29) is 13.6 Å². The maximum atomic E-state index is 5.38. The fourth-order valence-corrected chi connectivity index (χ4v) is 2.66. The zero-order valence-electron chi connectivity index (χ0n) is 12.5. The van der Waals surface area contributed by atoms with Gasteiger partial charge in [-0.05, 0) is 41.1 Å². The Morgan fingerprint density at radius 2 is 1.54 bits per heavy atom. The molecule has 0 radical (unpaired) electrons. The molecular weight excluding hydrogens is 312 g/mol. The lowest BCUT2D eigenvalue weighted by molar-refractivity contribution is 0.173. The second kappa shape index (κ2) is 5.12. The molecule has 0 saturated heterocycles. The fourth-order valence-electron chi connectivity index (χ4n) is 2.66. The quantitative estimate of drug-likeness (QED) is 0.727. The first-order valence-corrected chi connectivity index (χ1v) is 7.41. The molecule has 0 fully saturated rings. The molecule has 24 heavy (non-hydrogen) atoms. The van der Waals surface area contributed by atoms with E-state index in [4.69, 9.17) is 18.9 Å². The van der Waals surface area contributed by atoms with Gasteiger partial charge in [-0.15, -0.1) is 10.2 Å². The average Bonchev–Trinajstić information content (AvgIpc) is 3.34. The van der Waals surface area contributed by atoms with Crippen molar-refractivity contribution in [3.63, 3.8) is 0 Å². The monoisotopic (exact) mass is 324 g/mol. The van der Waals surface area contributed by atoms with Crippen molar-refractivity contribution in [1.82, 2.24) is 20.2 Å². The van der Waals surface area contributed by atoms with E-state index < -0.39 is 0 Å². The van der Waals surface area contributed by atoms with Gasteiger partial charge >= 0.3 is 0 Å². The largest absolute Gasteiger partial charge is 0.454 e. The first-order chi connectivity index (χ1) is 11.8. The molecule has 3 heterocycles. The molecule has 0 atom stereocenters. The van der Waals surface area contributed by atoms with Crippen LogP contribution in [0.2, 0.25) is 0 Å². The summed E-state index contributed by atoms with van der Waals surface area (Å²) in [5.74, 6) is 3.45. The predicted molar refractivity (Wildman–Crippen MR) is 81.0 cm³/mol. The molecule has 120 valence electrons. The minimum absolute atomic E-state index is 0.239. The van der Waals surface area contributed by atoms with Crippen LogP contribution in [0.15, 0.2) is 36.4 Å². The van der Waals surface area contributed by atoms with Crippen LogP contribution in [0.3, 0.4) is 0 Å². The lowest BCUT2D eigenvalue weighted by Crippen LogP contribution is -2.04. The smallest absolute Gasteiger partial charge is 0.231 e. The topological polar surface area (TPSA) is 80.5 Å². The van der Waals surface area contributed by atoms with E-state index in [0.29, 0.717) is 18.1 Å². The fraction of sp³-hybridized carbons (Fsp3) is 0.188. The number of tetrazole rings is 1. The van der Waals surface area contributed by atoms with E-state index in [9.17, 15) is 0 Å². The predicted octanol–water partition coefficient (Wildman–Crippen LogP) is 1.85. The molecule has 0 amide bonds. The van der Waals surface area contributed by atoms with E-state index in [2.05, 4.69) is 15.4 Å². The summed E-state index contributed by atoms with van der Waals surface area (Å²) in [5.41, 5.74) is 1.84. The Balaban J connectivity index is 1.39. The van der Waals surface area contributed by atoms with E-state index in [1.807, 2.05) is 36.4 Å². The minimum Gasteiger partial charge on any atom is -0.454 e. The molecule has 5 rings (SSSR count). The molecule has 2 aliphatic rings. The summed E-state index contributed by atoms with van der Waals surface area (Å²) in [5, 5.41) is 12.6. The lowest BCUT2D eigenvalue weighted by atomic mass is 10.2. The highest BCUT2D eigenvalue weighted by Gasteiger charge is 2.17. The molecule has 0 unspecified atom stereocenters. The molecule has 3 aromatic rings. The standard InChI is InChI=1S/C16H12N4O4/c1-3-12-14(23-8-21-12)5-10(1)7-20-18-16(17-19-20)11-2-4-13-15(6-11)24-9-22-13/h1-6H,7-9H2. The number of hydrogen-bond donors (Lipinski definition) is 0. The summed E-state index contributed by atoms with van der Waals surface area (Å²) in [6.45, 7) is 0.992. The number of benzene rings is 2. The molecule has 2 aromatic carbocycles. The van der Waals surface area contributed by atoms with E-state index in [1.54, 1.807) is 0 Å². The maximum Gasteiger partial charge on any atom is 0.231 e. The summed E-state index contributed by atoms with van der Waals surface area (Å²) in [7, 11) is 0. The van der Waals surface area contributed by atoms with Crippen LogP contribution in [0, 0.1) is 0 Å². The molecule has 8 heteroatoms. The number of rotatable bonds is 3. The van der Waals surface area contributed by atoms with Gasteiger partial charge in [-0.3, -0.25) is 0 Å². The Kier molecular flexibility index (Phi) is 2.81. The Labute approximate surface area is 136 Å². The summed E-state index contributed by atoms with van der Waals surface area (Å²) in [4.78, 5) is 1.54. The van der Waals surface area contributed by atoms with Crippen LogP contribution in [0.25, 0.3) is 11.4 Å². The van der Waals surface area contributed by atoms with Crippen LogP contribution in [0.1, 0.15) is 5.56 Å². The van der Waals surface area contributed by atoms with Gasteiger partial charge < -0.3 is 18.9 Å². The van der Waals surface area contributed by atoms with Gasteiger partial charge in [0.15, 0.2) is 23.0 Å². The van der Waals surface area contributed by atoms with Crippen molar-refractivity contribution in [2.75, 3.05) is 13.6 Å². The number of fused-ring (bicyclic) bond motifs is 2. The highest BCUT2D eigenvalue weighted by Crippen LogP contribution is 2.35. The molecule has 1 aromatic heterocycles. The first-order valence-electron chi connectivity index (χ1n) is 7.41. The van der Waals surface area contributed by atoms with Crippen LogP contribution in [0.5, 0.6) is 23.0 Å². The van der Waals surface area contributed by atoms with Gasteiger partial charge in [-0.2, -0.15) is 4.80 Å². The third-order valence-corrected chi connectivity index (χ3v) is 3.84. The highest BCUT2D eigenvalue weighted by atomic mass is 16.7. The summed E-state index contributed by atoms with van der Waals surface area (Å²) >= 11 is 0. The third-order valence-electron chi connectivity index (χ3n) is 3.84. The molecule has 0 aliphatic carbocycles. The zero-order chi connectivity index (χ0) is 15.9. The van der Waals surface area contributed by atoms with Crippen molar-refractivity contribution in [3.8, 4) is 34.4 Å². The van der Waals surface area contributed by atoms with Crippen molar-refractivity contribution in [2.45, 2.75) is 6.54 Å². The molecule has 0 saturated carbocycles. The van der Waals surface area contributed by atoms with Gasteiger partial charge in [-0.25, -0.2) is 0 Å². The van der Waals surface area contributed by atoms with E-state index in [1.165, 1.54) is 4.80 Å². The van der Waals surface area contributed by atoms with Crippen LogP contribution < -0.4 is 18.9 Å². The Hall–Kier alpha value is -3.29. The van der Waals surface area contributed by atoms with Gasteiger partial charge in [0.25, 0.3) is 0 Å².